The number of likely N-dealkylation sites (tertiary alicyclic amines) is 1. The molecule has 2 heterocycles. The lowest BCUT2D eigenvalue weighted by Gasteiger charge is -2.38. The van der Waals surface area contributed by atoms with Gasteiger partial charge in [-0.2, -0.15) is 0 Å². The monoisotopic (exact) mass is 301 g/mol. The molecule has 1 aliphatic heterocycles. The second-order valence-electron chi connectivity index (χ2n) is 5.63. The fourth-order valence-corrected chi connectivity index (χ4v) is 2.84. The number of allylic oxidation sites excluding steroid dienone is 1. The molecule has 2 N–H and O–H groups in total. The molecule has 0 saturated carbocycles. The van der Waals surface area contributed by atoms with Crippen LogP contribution >= 0.6 is 0 Å². The molecule has 6 nitrogen and oxygen atoms in total. The average Bonchev–Trinajstić information content (AvgIpc) is 2.52. The number of nitrogens with zero attached hydrogens (tertiary/aromatic N) is 4. The summed E-state index contributed by atoms with van der Waals surface area (Å²) in [5.74, 6) is 1.16. The van der Waals surface area contributed by atoms with Gasteiger partial charge in [-0.15, -0.1) is 0 Å². The Balaban J connectivity index is 2.26. The van der Waals surface area contributed by atoms with E-state index < -0.39 is 0 Å². The number of nitrogen functional groups attached to an aromatic ring is 1. The number of carbonyl (C=O) groups excluding carboxylic acids is 1. The van der Waals surface area contributed by atoms with Gasteiger partial charge in [-0.25, -0.2) is 9.97 Å². The van der Waals surface area contributed by atoms with Crippen molar-refractivity contribution < 1.29 is 4.79 Å². The Morgan fingerprint density at radius 2 is 2.27 bits per heavy atom. The first-order valence-electron chi connectivity index (χ1n) is 7.36. The fourth-order valence-electron chi connectivity index (χ4n) is 2.84. The number of rotatable bonds is 4. The largest absolute Gasteiger partial charge is 0.383 e. The van der Waals surface area contributed by atoms with Crippen molar-refractivity contribution in [2.75, 3.05) is 30.8 Å². The maximum atomic E-state index is 11.8. The maximum absolute atomic E-state index is 11.8. The van der Waals surface area contributed by atoms with Crippen molar-refractivity contribution in [1.82, 2.24) is 14.9 Å². The quantitative estimate of drug-likeness (QED) is 0.857. The molecule has 0 radical (unpaired) electrons. The molecule has 1 amide bonds. The molecule has 1 aromatic rings. The molecule has 0 aliphatic carbocycles. The minimum absolute atomic E-state index is 0.0274. The predicted molar refractivity (Wildman–Crippen MR) is 89.4 cm³/mol. The maximum Gasteiger partial charge on any atom is 0.246 e. The zero-order valence-corrected chi connectivity index (χ0v) is 13.2. The Bertz CT molecular complexity index is 598. The van der Waals surface area contributed by atoms with Gasteiger partial charge in [-0.05, 0) is 31.4 Å². The second kappa shape index (κ2) is 6.60. The number of likely N-dealkylation sites (N-methyl/N-ethyl adjacent to an activating group) is 1. The highest BCUT2D eigenvalue weighted by molar-refractivity contribution is 5.87. The Kier molecular flexibility index (Phi) is 4.80. The summed E-state index contributed by atoms with van der Waals surface area (Å²) in [6.07, 6.45) is 4.78. The van der Waals surface area contributed by atoms with Crippen LogP contribution < -0.4 is 10.6 Å². The molecule has 22 heavy (non-hydrogen) atoms. The van der Waals surface area contributed by atoms with Crippen LogP contribution in [-0.2, 0) is 4.79 Å². The first-order chi connectivity index (χ1) is 10.5. The summed E-state index contributed by atoms with van der Waals surface area (Å²) in [7, 11) is 1.97. The van der Waals surface area contributed by atoms with E-state index in [0.29, 0.717) is 12.4 Å². The predicted octanol–water partition coefficient (Wildman–Crippen LogP) is 1.71. The molecular weight excluding hydrogens is 278 g/mol. The third-order valence-corrected chi connectivity index (χ3v) is 4.05. The topological polar surface area (TPSA) is 75.4 Å². The molecule has 0 aromatic carbocycles. The van der Waals surface area contributed by atoms with E-state index in [1.54, 1.807) is 0 Å². The number of anilines is 2. The van der Waals surface area contributed by atoms with Crippen molar-refractivity contribution >= 4 is 23.1 Å². The summed E-state index contributed by atoms with van der Waals surface area (Å²) in [4.78, 5) is 24.1. The molecule has 0 bridgehead atoms. The first kappa shape index (κ1) is 16.0. The Morgan fingerprint density at radius 1 is 1.55 bits per heavy atom. The van der Waals surface area contributed by atoms with Gasteiger partial charge in [0.25, 0.3) is 0 Å². The van der Waals surface area contributed by atoms with E-state index in [0.717, 1.165) is 36.3 Å². The standard InChI is InChI=1S/C16H23N5O/c1-5-13(22)21-8-6-7-12(9-21)20(4)16-14(11(2)3)15(17)18-10-19-16/h5,10,12H,1-2,6-9H2,3-4H3,(H2,17,18,19). The highest BCUT2D eigenvalue weighted by atomic mass is 16.2. The van der Waals surface area contributed by atoms with Gasteiger partial charge in [-0.3, -0.25) is 4.79 Å². The zero-order chi connectivity index (χ0) is 16.3. The second-order valence-corrected chi connectivity index (χ2v) is 5.63. The molecule has 1 saturated heterocycles. The smallest absolute Gasteiger partial charge is 0.246 e. The summed E-state index contributed by atoms with van der Waals surface area (Å²) < 4.78 is 0. The van der Waals surface area contributed by atoms with Gasteiger partial charge in [0, 0.05) is 26.2 Å². The Hall–Kier alpha value is -2.37. The lowest BCUT2D eigenvalue weighted by atomic mass is 10.0. The van der Waals surface area contributed by atoms with Crippen LogP contribution in [0.1, 0.15) is 25.3 Å². The van der Waals surface area contributed by atoms with Gasteiger partial charge in [0.1, 0.15) is 18.0 Å². The number of piperidine rings is 1. The lowest BCUT2D eigenvalue weighted by molar-refractivity contribution is -0.127. The summed E-state index contributed by atoms with van der Waals surface area (Å²) in [6, 6.07) is 0.185. The number of aromatic nitrogens is 2. The van der Waals surface area contributed by atoms with Gasteiger partial charge < -0.3 is 15.5 Å². The van der Waals surface area contributed by atoms with Crippen LogP contribution in [0.25, 0.3) is 5.57 Å². The van der Waals surface area contributed by atoms with Gasteiger partial charge in [0.05, 0.1) is 5.56 Å². The number of hydrogen-bond donors (Lipinski definition) is 1. The zero-order valence-electron chi connectivity index (χ0n) is 13.2. The van der Waals surface area contributed by atoms with E-state index in [4.69, 9.17) is 5.73 Å². The molecule has 118 valence electrons. The molecule has 1 fully saturated rings. The van der Waals surface area contributed by atoms with Crippen molar-refractivity contribution in [2.45, 2.75) is 25.8 Å². The van der Waals surface area contributed by atoms with Crippen molar-refractivity contribution in [3.05, 3.63) is 31.1 Å². The number of carbonyl (C=O) groups is 1. The van der Waals surface area contributed by atoms with Crippen molar-refractivity contribution in [2.24, 2.45) is 0 Å². The van der Waals surface area contributed by atoms with Crippen LogP contribution in [0.5, 0.6) is 0 Å². The molecule has 6 heteroatoms. The minimum Gasteiger partial charge on any atom is -0.383 e. The average molecular weight is 301 g/mol. The Labute approximate surface area is 131 Å². The SMILES string of the molecule is C=CC(=O)N1CCCC(N(C)c2ncnc(N)c2C(=C)C)C1. The van der Waals surface area contributed by atoms with Crippen molar-refractivity contribution in [1.29, 1.82) is 0 Å². The van der Waals surface area contributed by atoms with E-state index in [9.17, 15) is 4.79 Å². The first-order valence-corrected chi connectivity index (χ1v) is 7.36. The Morgan fingerprint density at radius 3 is 2.91 bits per heavy atom. The highest BCUT2D eigenvalue weighted by Crippen LogP contribution is 2.29. The van der Waals surface area contributed by atoms with Crippen LogP contribution in [0.3, 0.4) is 0 Å². The van der Waals surface area contributed by atoms with Crippen LogP contribution in [0, 0.1) is 0 Å². The molecule has 1 atom stereocenters. The molecular formula is C16H23N5O. The summed E-state index contributed by atoms with van der Waals surface area (Å²) in [5, 5.41) is 0. The van der Waals surface area contributed by atoms with Crippen LogP contribution in [0.15, 0.2) is 25.6 Å². The van der Waals surface area contributed by atoms with Gasteiger partial charge in [0.15, 0.2) is 0 Å². The third kappa shape index (κ3) is 3.10. The molecule has 1 aliphatic rings. The highest BCUT2D eigenvalue weighted by Gasteiger charge is 2.27. The minimum atomic E-state index is -0.0274. The summed E-state index contributed by atoms with van der Waals surface area (Å²) in [5.41, 5.74) is 7.57. The van der Waals surface area contributed by atoms with Gasteiger partial charge in [-0.1, -0.05) is 13.2 Å². The van der Waals surface area contributed by atoms with Crippen LogP contribution in [0.4, 0.5) is 11.6 Å². The van der Waals surface area contributed by atoms with Gasteiger partial charge >= 0.3 is 0 Å². The van der Waals surface area contributed by atoms with E-state index in [1.807, 2.05) is 18.9 Å². The van der Waals surface area contributed by atoms with Gasteiger partial charge in [0.2, 0.25) is 5.91 Å². The normalized spacial score (nSPS) is 17.9. The molecule has 2 rings (SSSR count). The van der Waals surface area contributed by atoms with Crippen molar-refractivity contribution in [3.63, 3.8) is 0 Å². The molecule has 0 spiro atoms. The van der Waals surface area contributed by atoms with Crippen LogP contribution in [-0.4, -0.2) is 47.0 Å². The van der Waals surface area contributed by atoms with E-state index in [-0.39, 0.29) is 11.9 Å². The molecule has 1 aromatic heterocycles. The van der Waals surface area contributed by atoms with Crippen molar-refractivity contribution in [3.8, 4) is 0 Å². The fraction of sp³-hybridized carbons (Fsp3) is 0.438. The van der Waals surface area contributed by atoms with E-state index >= 15 is 0 Å². The van der Waals surface area contributed by atoms with E-state index in [1.165, 1.54) is 12.4 Å². The third-order valence-electron chi connectivity index (χ3n) is 4.05. The number of hydrogen-bond acceptors (Lipinski definition) is 5. The summed E-state index contributed by atoms with van der Waals surface area (Å²) >= 11 is 0. The summed E-state index contributed by atoms with van der Waals surface area (Å²) in [6.45, 7) is 10.8. The lowest BCUT2D eigenvalue weighted by Crippen LogP contribution is -2.48. The van der Waals surface area contributed by atoms with Crippen LogP contribution in [0.2, 0.25) is 0 Å². The number of nitrogens with two attached hydrogens (primary N) is 1. The number of amides is 1. The molecule has 1 unspecified atom stereocenters. The van der Waals surface area contributed by atoms with E-state index in [2.05, 4.69) is 28.0 Å².